The molecule has 2 amide bonds. The fourth-order valence-electron chi connectivity index (χ4n) is 3.55. The number of nitrogens with zero attached hydrogens (tertiary/aromatic N) is 1. The van der Waals surface area contributed by atoms with E-state index in [4.69, 9.17) is 0 Å². The van der Waals surface area contributed by atoms with Gasteiger partial charge in [-0.3, -0.25) is 9.59 Å². The van der Waals surface area contributed by atoms with Crippen molar-refractivity contribution in [3.63, 3.8) is 0 Å². The number of halogens is 3. The molecule has 1 aliphatic carbocycles. The lowest BCUT2D eigenvalue weighted by Gasteiger charge is -2.36. The van der Waals surface area contributed by atoms with Crippen molar-refractivity contribution in [2.24, 2.45) is 11.8 Å². The van der Waals surface area contributed by atoms with Crippen LogP contribution in [0.2, 0.25) is 0 Å². The maximum Gasteiger partial charge on any atom is 0.416 e. The van der Waals surface area contributed by atoms with Gasteiger partial charge in [-0.05, 0) is 37.3 Å². The molecule has 4 nitrogen and oxygen atoms in total. The van der Waals surface area contributed by atoms with Gasteiger partial charge in [-0.2, -0.15) is 13.2 Å². The highest BCUT2D eigenvalue weighted by molar-refractivity contribution is 5.81. The van der Waals surface area contributed by atoms with Gasteiger partial charge < -0.3 is 10.2 Å². The third-order valence-corrected chi connectivity index (χ3v) is 5.41. The van der Waals surface area contributed by atoms with E-state index in [1.807, 2.05) is 4.90 Å². The summed E-state index contributed by atoms with van der Waals surface area (Å²) < 4.78 is 39.0. The Morgan fingerprint density at radius 1 is 1.04 bits per heavy atom. The van der Waals surface area contributed by atoms with Crippen LogP contribution in [0.5, 0.6) is 0 Å². The van der Waals surface area contributed by atoms with Crippen LogP contribution in [0.25, 0.3) is 0 Å². The molecule has 7 heteroatoms. The van der Waals surface area contributed by atoms with Crippen LogP contribution in [0.1, 0.15) is 43.2 Å². The number of alkyl halides is 3. The van der Waals surface area contributed by atoms with Gasteiger partial charge in [-0.1, -0.05) is 24.6 Å². The second-order valence-electron chi connectivity index (χ2n) is 7.10. The van der Waals surface area contributed by atoms with Crippen LogP contribution in [0.3, 0.4) is 0 Å². The minimum atomic E-state index is -4.44. The molecule has 142 valence electrons. The Kier molecular flexibility index (Phi) is 5.53. The number of hydrogen-bond acceptors (Lipinski definition) is 2. The number of rotatable bonds is 4. The van der Waals surface area contributed by atoms with Gasteiger partial charge in [0.2, 0.25) is 11.8 Å². The Labute approximate surface area is 150 Å². The van der Waals surface area contributed by atoms with Crippen molar-refractivity contribution in [2.45, 2.75) is 44.8 Å². The molecule has 0 bridgehead atoms. The highest BCUT2D eigenvalue weighted by Gasteiger charge is 2.34. The van der Waals surface area contributed by atoms with Crippen LogP contribution in [-0.2, 0) is 22.3 Å². The number of likely N-dealkylation sites (tertiary alicyclic amines) is 1. The third-order valence-electron chi connectivity index (χ3n) is 5.41. The molecule has 1 N–H and O–H groups in total. The summed E-state index contributed by atoms with van der Waals surface area (Å²) in [6.07, 6.45) is -0.296. The van der Waals surface area contributed by atoms with Gasteiger partial charge in [-0.25, -0.2) is 0 Å². The smallest absolute Gasteiger partial charge is 0.352 e. The Morgan fingerprint density at radius 3 is 2.27 bits per heavy atom. The number of carbonyl (C=O) groups is 2. The van der Waals surface area contributed by atoms with Crippen LogP contribution in [0.4, 0.5) is 13.2 Å². The zero-order valence-corrected chi connectivity index (χ0v) is 14.5. The maximum atomic E-state index is 13.0. The number of nitrogens with one attached hydrogen (secondary N) is 1. The molecule has 0 spiro atoms. The Hall–Kier alpha value is -2.05. The summed E-state index contributed by atoms with van der Waals surface area (Å²) in [5.41, 5.74) is -0.660. The molecule has 1 saturated heterocycles. The van der Waals surface area contributed by atoms with E-state index < -0.39 is 11.7 Å². The SMILES string of the molecule is O=C(NCc1ccccc1C(F)(F)F)C1CCN(C(=O)C2CCC2)CC1. The molecular formula is C19H23F3N2O2. The minimum absolute atomic E-state index is 0.0611. The van der Waals surface area contributed by atoms with Crippen LogP contribution in [-0.4, -0.2) is 29.8 Å². The van der Waals surface area contributed by atoms with Crippen molar-refractivity contribution in [3.05, 3.63) is 35.4 Å². The van der Waals surface area contributed by atoms with Gasteiger partial charge >= 0.3 is 6.18 Å². The lowest BCUT2D eigenvalue weighted by atomic mass is 9.83. The van der Waals surface area contributed by atoms with Crippen molar-refractivity contribution in [1.82, 2.24) is 10.2 Å². The number of hydrogen-bond donors (Lipinski definition) is 1. The van der Waals surface area contributed by atoms with E-state index in [1.54, 1.807) is 0 Å². The first-order chi connectivity index (χ1) is 12.4. The lowest BCUT2D eigenvalue weighted by Crippen LogP contribution is -2.46. The Morgan fingerprint density at radius 2 is 1.69 bits per heavy atom. The lowest BCUT2D eigenvalue weighted by molar-refractivity contribution is -0.141. The molecule has 26 heavy (non-hydrogen) atoms. The molecule has 3 rings (SSSR count). The molecule has 1 aliphatic heterocycles. The maximum absolute atomic E-state index is 13.0. The first-order valence-electron chi connectivity index (χ1n) is 9.08. The van der Waals surface area contributed by atoms with Gasteiger partial charge in [0.1, 0.15) is 0 Å². The van der Waals surface area contributed by atoms with E-state index in [-0.39, 0.29) is 35.8 Å². The molecule has 0 unspecified atom stereocenters. The van der Waals surface area contributed by atoms with E-state index in [0.717, 1.165) is 25.3 Å². The number of amides is 2. The number of benzene rings is 1. The largest absolute Gasteiger partial charge is 0.416 e. The van der Waals surface area contributed by atoms with Gasteiger partial charge in [0, 0.05) is 31.5 Å². The summed E-state index contributed by atoms with van der Waals surface area (Å²) in [6, 6.07) is 5.26. The highest BCUT2D eigenvalue weighted by Crippen LogP contribution is 2.32. The summed E-state index contributed by atoms with van der Waals surface area (Å²) >= 11 is 0. The van der Waals surface area contributed by atoms with E-state index >= 15 is 0 Å². The minimum Gasteiger partial charge on any atom is -0.352 e. The van der Waals surface area contributed by atoms with Crippen molar-refractivity contribution >= 4 is 11.8 Å². The zero-order valence-electron chi connectivity index (χ0n) is 14.5. The second-order valence-corrected chi connectivity index (χ2v) is 7.10. The summed E-state index contributed by atoms with van der Waals surface area (Å²) in [6.45, 7) is 0.953. The molecule has 1 aromatic rings. The van der Waals surface area contributed by atoms with Crippen LogP contribution in [0, 0.1) is 11.8 Å². The summed E-state index contributed by atoms with van der Waals surface area (Å²) in [7, 11) is 0. The van der Waals surface area contributed by atoms with Crippen LogP contribution >= 0.6 is 0 Å². The summed E-state index contributed by atoms with van der Waals surface area (Å²) in [5.74, 6) is -0.148. The van der Waals surface area contributed by atoms with E-state index in [2.05, 4.69) is 5.32 Å². The topological polar surface area (TPSA) is 49.4 Å². The van der Waals surface area contributed by atoms with Crippen molar-refractivity contribution in [2.75, 3.05) is 13.1 Å². The fourth-order valence-corrected chi connectivity index (χ4v) is 3.55. The van der Waals surface area contributed by atoms with Crippen molar-refractivity contribution < 1.29 is 22.8 Å². The normalized spacial score (nSPS) is 19.1. The Balaban J connectivity index is 1.50. The summed E-state index contributed by atoms with van der Waals surface area (Å²) in [4.78, 5) is 26.4. The summed E-state index contributed by atoms with van der Waals surface area (Å²) in [5, 5.41) is 2.63. The molecular weight excluding hydrogens is 345 g/mol. The quantitative estimate of drug-likeness (QED) is 0.886. The first-order valence-corrected chi connectivity index (χ1v) is 9.08. The molecule has 0 aromatic heterocycles. The fraction of sp³-hybridized carbons (Fsp3) is 0.579. The average molecular weight is 368 g/mol. The Bertz CT molecular complexity index is 663. The number of carbonyl (C=O) groups excluding carboxylic acids is 2. The second kappa shape index (κ2) is 7.68. The molecule has 2 fully saturated rings. The van der Waals surface area contributed by atoms with E-state index in [1.165, 1.54) is 18.2 Å². The number of piperidine rings is 1. The van der Waals surface area contributed by atoms with Crippen molar-refractivity contribution in [1.29, 1.82) is 0 Å². The third kappa shape index (κ3) is 4.19. The molecule has 1 aromatic carbocycles. The molecule has 1 heterocycles. The van der Waals surface area contributed by atoms with E-state index in [0.29, 0.717) is 25.9 Å². The first kappa shape index (κ1) is 18.7. The van der Waals surface area contributed by atoms with Gasteiger partial charge in [0.05, 0.1) is 5.56 Å². The van der Waals surface area contributed by atoms with Crippen LogP contribution in [0.15, 0.2) is 24.3 Å². The molecule has 1 saturated carbocycles. The van der Waals surface area contributed by atoms with Gasteiger partial charge in [0.15, 0.2) is 0 Å². The van der Waals surface area contributed by atoms with E-state index in [9.17, 15) is 22.8 Å². The standard InChI is InChI=1S/C19H23F3N2O2/c20-19(21,22)16-7-2-1-4-15(16)12-23-17(25)13-8-10-24(11-9-13)18(26)14-5-3-6-14/h1-2,4,7,13-14H,3,5-6,8-12H2,(H,23,25). The highest BCUT2D eigenvalue weighted by atomic mass is 19.4. The average Bonchev–Trinajstić information content (AvgIpc) is 2.57. The van der Waals surface area contributed by atoms with Gasteiger partial charge in [0.25, 0.3) is 0 Å². The van der Waals surface area contributed by atoms with Crippen LogP contribution < -0.4 is 5.32 Å². The zero-order chi connectivity index (χ0) is 18.7. The monoisotopic (exact) mass is 368 g/mol. The predicted molar refractivity (Wildman–Crippen MR) is 89.9 cm³/mol. The molecule has 0 radical (unpaired) electrons. The van der Waals surface area contributed by atoms with Crippen molar-refractivity contribution in [3.8, 4) is 0 Å². The van der Waals surface area contributed by atoms with Gasteiger partial charge in [-0.15, -0.1) is 0 Å². The molecule has 2 aliphatic rings. The predicted octanol–water partition coefficient (Wildman–Crippen LogP) is 3.36. The molecule has 0 atom stereocenters.